The predicted molar refractivity (Wildman–Crippen MR) is 106 cm³/mol. The first kappa shape index (κ1) is 21.1. The monoisotopic (exact) mass is 385 g/mol. The van der Waals surface area contributed by atoms with Gasteiger partial charge in [-0.1, -0.05) is 26.0 Å². The summed E-state index contributed by atoms with van der Waals surface area (Å²) in [5.41, 5.74) is 3.49. The third-order valence-corrected chi connectivity index (χ3v) is 3.90. The second kappa shape index (κ2) is 10.2. The first-order valence-corrected chi connectivity index (χ1v) is 9.03. The van der Waals surface area contributed by atoms with Crippen LogP contribution in [0.25, 0.3) is 0 Å². The molecule has 0 aliphatic carbocycles. The second-order valence-corrected chi connectivity index (χ2v) is 6.44. The number of nitrogens with one attached hydrogen (secondary N) is 2. The first-order valence-electron chi connectivity index (χ1n) is 9.03. The standard InChI is InChI=1S/C21H24FN3O3/c1-4-28-18-7-5-6-15(12-18)13-23-25-21(27)19(14(2)3)24-20(26)16-8-10-17(22)11-9-16/h5-14,19H,4H2,1-3H3,(H,24,26)(H,25,27)/b23-13+. The molecule has 0 bridgehead atoms. The summed E-state index contributed by atoms with van der Waals surface area (Å²) in [4.78, 5) is 24.7. The van der Waals surface area contributed by atoms with Crippen molar-refractivity contribution in [2.45, 2.75) is 26.8 Å². The number of rotatable bonds is 8. The Morgan fingerprint density at radius 3 is 2.54 bits per heavy atom. The molecule has 2 aromatic rings. The third kappa shape index (κ3) is 6.19. The van der Waals surface area contributed by atoms with E-state index >= 15 is 0 Å². The van der Waals surface area contributed by atoms with Gasteiger partial charge >= 0.3 is 0 Å². The van der Waals surface area contributed by atoms with Crippen LogP contribution in [-0.2, 0) is 4.79 Å². The van der Waals surface area contributed by atoms with Gasteiger partial charge in [0, 0.05) is 5.56 Å². The summed E-state index contributed by atoms with van der Waals surface area (Å²) < 4.78 is 18.4. The van der Waals surface area contributed by atoms with E-state index in [1.807, 2.05) is 39.0 Å². The topological polar surface area (TPSA) is 79.8 Å². The van der Waals surface area contributed by atoms with Crippen LogP contribution in [0.1, 0.15) is 36.7 Å². The van der Waals surface area contributed by atoms with Crippen LogP contribution >= 0.6 is 0 Å². The van der Waals surface area contributed by atoms with Crippen molar-refractivity contribution in [2.75, 3.05) is 6.61 Å². The molecule has 0 fully saturated rings. The summed E-state index contributed by atoms with van der Waals surface area (Å²) in [6.07, 6.45) is 1.50. The summed E-state index contributed by atoms with van der Waals surface area (Å²) in [6.45, 7) is 6.07. The molecule has 0 aliphatic rings. The number of amides is 2. The van der Waals surface area contributed by atoms with Crippen molar-refractivity contribution in [3.8, 4) is 5.75 Å². The van der Waals surface area contributed by atoms with Crippen LogP contribution in [0, 0.1) is 11.7 Å². The molecule has 2 amide bonds. The van der Waals surface area contributed by atoms with Gasteiger partial charge in [-0.05, 0) is 54.8 Å². The van der Waals surface area contributed by atoms with E-state index in [0.29, 0.717) is 12.4 Å². The van der Waals surface area contributed by atoms with Gasteiger partial charge in [0.25, 0.3) is 11.8 Å². The molecule has 2 aromatic carbocycles. The van der Waals surface area contributed by atoms with Crippen molar-refractivity contribution < 1.29 is 18.7 Å². The Balaban J connectivity index is 1.99. The molecule has 2 N–H and O–H groups in total. The van der Waals surface area contributed by atoms with E-state index in [2.05, 4.69) is 15.8 Å². The molecular weight excluding hydrogens is 361 g/mol. The number of hydrazone groups is 1. The molecule has 1 atom stereocenters. The van der Waals surface area contributed by atoms with Gasteiger partial charge in [-0.3, -0.25) is 9.59 Å². The lowest BCUT2D eigenvalue weighted by Crippen LogP contribution is -2.48. The van der Waals surface area contributed by atoms with Crippen molar-refractivity contribution >= 4 is 18.0 Å². The highest BCUT2D eigenvalue weighted by atomic mass is 19.1. The van der Waals surface area contributed by atoms with Gasteiger partial charge in [-0.15, -0.1) is 0 Å². The predicted octanol–water partition coefficient (Wildman–Crippen LogP) is 3.13. The molecule has 0 aromatic heterocycles. The Bertz CT molecular complexity index is 835. The van der Waals surface area contributed by atoms with Crippen LogP contribution in [0.5, 0.6) is 5.75 Å². The normalized spacial score (nSPS) is 12.0. The molecular formula is C21H24FN3O3. The lowest BCUT2D eigenvalue weighted by molar-refractivity contribution is -0.123. The van der Waals surface area contributed by atoms with Crippen LogP contribution in [0.4, 0.5) is 4.39 Å². The molecule has 0 saturated carbocycles. The van der Waals surface area contributed by atoms with Crippen LogP contribution in [0.2, 0.25) is 0 Å². The lowest BCUT2D eigenvalue weighted by atomic mass is 10.0. The molecule has 0 heterocycles. The maximum atomic E-state index is 13.0. The van der Waals surface area contributed by atoms with Crippen LogP contribution in [-0.4, -0.2) is 30.7 Å². The molecule has 2 rings (SSSR count). The zero-order chi connectivity index (χ0) is 20.5. The minimum Gasteiger partial charge on any atom is -0.494 e. The van der Waals surface area contributed by atoms with Gasteiger partial charge < -0.3 is 10.1 Å². The quantitative estimate of drug-likeness (QED) is 0.541. The molecule has 148 valence electrons. The van der Waals surface area contributed by atoms with E-state index in [1.54, 1.807) is 6.07 Å². The average molecular weight is 385 g/mol. The number of halogens is 1. The smallest absolute Gasteiger partial charge is 0.262 e. The zero-order valence-electron chi connectivity index (χ0n) is 16.1. The highest BCUT2D eigenvalue weighted by Crippen LogP contribution is 2.12. The zero-order valence-corrected chi connectivity index (χ0v) is 16.1. The first-order chi connectivity index (χ1) is 13.4. The average Bonchev–Trinajstić information content (AvgIpc) is 2.66. The fourth-order valence-corrected chi connectivity index (χ4v) is 2.45. The molecule has 6 nitrogen and oxygen atoms in total. The molecule has 0 aliphatic heterocycles. The number of hydrogen-bond donors (Lipinski definition) is 2. The van der Waals surface area contributed by atoms with Crippen LogP contribution < -0.4 is 15.5 Å². The summed E-state index contributed by atoms with van der Waals surface area (Å²) in [5.74, 6) is -0.785. The van der Waals surface area contributed by atoms with E-state index in [-0.39, 0.29) is 11.5 Å². The number of ether oxygens (including phenoxy) is 1. The molecule has 0 radical (unpaired) electrons. The van der Waals surface area contributed by atoms with Crippen molar-refractivity contribution in [1.29, 1.82) is 0 Å². The Morgan fingerprint density at radius 1 is 1.18 bits per heavy atom. The molecule has 0 saturated heterocycles. The minimum atomic E-state index is -0.788. The maximum Gasteiger partial charge on any atom is 0.262 e. The third-order valence-electron chi connectivity index (χ3n) is 3.90. The SMILES string of the molecule is CCOc1cccc(/C=N/NC(=O)C(NC(=O)c2ccc(F)cc2)C(C)C)c1. The van der Waals surface area contributed by atoms with E-state index in [1.165, 1.54) is 30.5 Å². The Hall–Kier alpha value is -3.22. The fraction of sp³-hybridized carbons (Fsp3) is 0.286. The van der Waals surface area contributed by atoms with Crippen molar-refractivity contribution in [3.63, 3.8) is 0 Å². The van der Waals surface area contributed by atoms with Gasteiger partial charge in [0.05, 0.1) is 12.8 Å². The van der Waals surface area contributed by atoms with Gasteiger partial charge in [0.1, 0.15) is 17.6 Å². The van der Waals surface area contributed by atoms with E-state index in [4.69, 9.17) is 4.74 Å². The Labute approximate surface area is 163 Å². The molecule has 7 heteroatoms. The number of carbonyl (C=O) groups is 2. The summed E-state index contributed by atoms with van der Waals surface area (Å²) in [5, 5.41) is 6.62. The summed E-state index contributed by atoms with van der Waals surface area (Å²) in [7, 11) is 0. The molecule has 1 unspecified atom stereocenters. The van der Waals surface area contributed by atoms with Crippen molar-refractivity contribution in [2.24, 2.45) is 11.0 Å². The van der Waals surface area contributed by atoms with E-state index in [0.717, 1.165) is 5.56 Å². The van der Waals surface area contributed by atoms with Gasteiger partial charge in [-0.25, -0.2) is 9.82 Å². The summed E-state index contributed by atoms with van der Waals surface area (Å²) >= 11 is 0. The Kier molecular flexibility index (Phi) is 7.68. The number of carbonyl (C=O) groups excluding carboxylic acids is 2. The highest BCUT2D eigenvalue weighted by molar-refractivity contribution is 5.97. The maximum absolute atomic E-state index is 13.0. The van der Waals surface area contributed by atoms with Gasteiger partial charge in [0.15, 0.2) is 0 Å². The van der Waals surface area contributed by atoms with Gasteiger partial charge in [-0.2, -0.15) is 5.10 Å². The molecule has 28 heavy (non-hydrogen) atoms. The number of benzene rings is 2. The lowest BCUT2D eigenvalue weighted by Gasteiger charge is -2.20. The second-order valence-electron chi connectivity index (χ2n) is 6.44. The largest absolute Gasteiger partial charge is 0.494 e. The van der Waals surface area contributed by atoms with Gasteiger partial charge in [0.2, 0.25) is 0 Å². The van der Waals surface area contributed by atoms with Crippen molar-refractivity contribution in [1.82, 2.24) is 10.7 Å². The van der Waals surface area contributed by atoms with Crippen LogP contribution in [0.15, 0.2) is 53.6 Å². The van der Waals surface area contributed by atoms with E-state index < -0.39 is 23.7 Å². The number of nitrogens with zero attached hydrogens (tertiary/aromatic N) is 1. The van der Waals surface area contributed by atoms with Crippen molar-refractivity contribution in [3.05, 3.63) is 65.5 Å². The highest BCUT2D eigenvalue weighted by Gasteiger charge is 2.24. The molecule has 0 spiro atoms. The summed E-state index contributed by atoms with van der Waals surface area (Å²) in [6, 6.07) is 11.6. The van der Waals surface area contributed by atoms with Crippen LogP contribution in [0.3, 0.4) is 0 Å². The minimum absolute atomic E-state index is 0.166. The Morgan fingerprint density at radius 2 is 1.89 bits per heavy atom. The fourth-order valence-electron chi connectivity index (χ4n) is 2.45. The van der Waals surface area contributed by atoms with E-state index in [9.17, 15) is 14.0 Å². The number of hydrogen-bond acceptors (Lipinski definition) is 4.